The number of hydrogen-bond donors (Lipinski definition) is 0. The van der Waals surface area contributed by atoms with E-state index in [4.69, 9.17) is 11.6 Å². The number of anilines is 1. The van der Waals surface area contributed by atoms with E-state index in [9.17, 15) is 0 Å². The molecule has 1 aliphatic rings. The fourth-order valence-electron chi connectivity index (χ4n) is 2.65. The first-order valence-electron chi connectivity index (χ1n) is 6.49. The van der Waals surface area contributed by atoms with Crippen molar-refractivity contribution in [3.8, 4) is 0 Å². The molecule has 1 aromatic heterocycles. The fraction of sp³-hybridized carbons (Fsp3) is 0.429. The average Bonchev–Trinajstić information content (AvgIpc) is 2.89. The van der Waals surface area contributed by atoms with Crippen LogP contribution in [0.15, 0.2) is 24.3 Å². The topological polar surface area (TPSA) is 32.3 Å². The van der Waals surface area contributed by atoms with E-state index < -0.39 is 0 Å². The second-order valence-corrected chi connectivity index (χ2v) is 5.57. The molecule has 1 aromatic carbocycles. The van der Waals surface area contributed by atoms with Crippen LogP contribution in [0.5, 0.6) is 0 Å². The fourth-order valence-corrected chi connectivity index (χ4v) is 2.85. The van der Waals surface area contributed by atoms with E-state index in [0.717, 1.165) is 36.1 Å². The largest absolute Gasteiger partial charge is 0.353 e. The molecule has 1 fully saturated rings. The first-order chi connectivity index (χ1) is 9.16. The van der Waals surface area contributed by atoms with Gasteiger partial charge < -0.3 is 9.80 Å². The Hall–Kier alpha value is -1.39. The van der Waals surface area contributed by atoms with E-state index >= 15 is 0 Å². The Kier molecular flexibility index (Phi) is 3.29. The zero-order chi connectivity index (χ0) is 13.4. The van der Waals surface area contributed by atoms with Gasteiger partial charge in [0, 0.05) is 29.9 Å². The number of hydrogen-bond acceptors (Lipinski definition) is 4. The second-order valence-electron chi connectivity index (χ2n) is 5.21. The zero-order valence-electron chi connectivity index (χ0n) is 11.2. The van der Waals surface area contributed by atoms with E-state index in [0.29, 0.717) is 11.2 Å². The Bertz CT molecular complexity index is 599. The van der Waals surface area contributed by atoms with E-state index in [2.05, 4.69) is 40.2 Å². The van der Waals surface area contributed by atoms with Crippen molar-refractivity contribution in [1.29, 1.82) is 0 Å². The van der Waals surface area contributed by atoms with Crippen LogP contribution in [0.3, 0.4) is 0 Å². The molecule has 3 rings (SSSR count). The summed E-state index contributed by atoms with van der Waals surface area (Å²) in [6.07, 6.45) is 1.16. The summed E-state index contributed by atoms with van der Waals surface area (Å²) in [7, 11) is 4.25. The first kappa shape index (κ1) is 12.6. The molecular formula is C14H17ClN4. The predicted octanol–water partition coefficient (Wildman–Crippen LogP) is 2.42. The van der Waals surface area contributed by atoms with Gasteiger partial charge in [-0.2, -0.15) is 0 Å². The van der Waals surface area contributed by atoms with Crippen molar-refractivity contribution < 1.29 is 0 Å². The van der Waals surface area contributed by atoms with E-state index in [-0.39, 0.29) is 0 Å². The van der Waals surface area contributed by atoms with Crippen molar-refractivity contribution in [2.45, 2.75) is 12.5 Å². The van der Waals surface area contributed by atoms with Crippen molar-refractivity contribution in [2.75, 3.05) is 32.1 Å². The minimum absolute atomic E-state index is 0.475. The molecule has 0 aliphatic carbocycles. The number of likely N-dealkylation sites (N-methyl/N-ethyl adjacent to an activating group) is 1. The first-order valence-corrected chi connectivity index (χ1v) is 6.87. The lowest BCUT2D eigenvalue weighted by Crippen LogP contribution is -2.31. The van der Waals surface area contributed by atoms with Gasteiger partial charge in [0.25, 0.3) is 0 Å². The molecular weight excluding hydrogens is 260 g/mol. The van der Waals surface area contributed by atoms with E-state index in [1.165, 1.54) is 0 Å². The highest BCUT2D eigenvalue weighted by Gasteiger charge is 2.26. The van der Waals surface area contributed by atoms with E-state index in [1.807, 2.05) is 18.2 Å². The highest BCUT2D eigenvalue weighted by Crippen LogP contribution is 2.30. The van der Waals surface area contributed by atoms with Crippen molar-refractivity contribution in [3.63, 3.8) is 0 Å². The maximum absolute atomic E-state index is 6.11. The molecule has 0 spiro atoms. The molecule has 0 amide bonds. The van der Waals surface area contributed by atoms with Crippen molar-refractivity contribution >= 4 is 28.2 Å². The zero-order valence-corrected chi connectivity index (χ0v) is 11.9. The smallest absolute Gasteiger partial charge is 0.159 e. The molecule has 1 aliphatic heterocycles. The summed E-state index contributed by atoms with van der Waals surface area (Å²) in [6, 6.07) is 8.63. The minimum atomic E-state index is 0.475. The molecule has 100 valence electrons. The molecule has 1 atom stereocenters. The number of fused-ring (bicyclic) bond motifs is 1. The number of halogens is 1. The van der Waals surface area contributed by atoms with Gasteiger partial charge in [-0.25, -0.2) is 0 Å². The monoisotopic (exact) mass is 276 g/mol. The van der Waals surface area contributed by atoms with Crippen LogP contribution in [0.4, 0.5) is 5.82 Å². The predicted molar refractivity (Wildman–Crippen MR) is 78.9 cm³/mol. The molecule has 1 saturated heterocycles. The van der Waals surface area contributed by atoms with Gasteiger partial charge in [0.2, 0.25) is 0 Å². The molecule has 4 nitrogen and oxygen atoms in total. The standard InChI is InChI=1S/C14H17ClN4/c1-18(2)10-7-8-19(9-10)14-12-6-4-3-5-11(12)13(15)16-17-14/h3-6,10H,7-9H2,1-2H3. The van der Waals surface area contributed by atoms with Gasteiger partial charge >= 0.3 is 0 Å². The van der Waals surface area contributed by atoms with E-state index in [1.54, 1.807) is 0 Å². The molecule has 2 heterocycles. The van der Waals surface area contributed by atoms with Gasteiger partial charge in [-0.05, 0) is 20.5 Å². The third-order valence-electron chi connectivity index (χ3n) is 3.82. The van der Waals surface area contributed by atoms with Gasteiger partial charge in [-0.1, -0.05) is 35.9 Å². The van der Waals surface area contributed by atoms with Gasteiger partial charge in [0.1, 0.15) is 0 Å². The Morgan fingerprint density at radius 3 is 2.63 bits per heavy atom. The normalized spacial score (nSPS) is 19.6. The van der Waals surface area contributed by atoms with Crippen LogP contribution < -0.4 is 4.90 Å². The summed E-state index contributed by atoms with van der Waals surface area (Å²) >= 11 is 6.11. The lowest BCUT2D eigenvalue weighted by molar-refractivity contribution is 0.315. The Morgan fingerprint density at radius 1 is 1.21 bits per heavy atom. The lowest BCUT2D eigenvalue weighted by Gasteiger charge is -2.21. The third-order valence-corrected chi connectivity index (χ3v) is 4.10. The molecule has 0 N–H and O–H groups in total. The molecule has 2 aromatic rings. The van der Waals surface area contributed by atoms with Gasteiger partial charge in [0.05, 0.1) is 0 Å². The average molecular weight is 277 g/mol. The molecule has 1 unspecified atom stereocenters. The Morgan fingerprint density at radius 2 is 1.95 bits per heavy atom. The second kappa shape index (κ2) is 4.94. The summed E-state index contributed by atoms with van der Waals surface area (Å²) < 4.78 is 0. The van der Waals surface area contributed by atoms with Crippen LogP contribution in [0, 0.1) is 0 Å². The number of benzene rings is 1. The van der Waals surface area contributed by atoms with Crippen LogP contribution >= 0.6 is 11.6 Å². The Labute approximate surface area is 118 Å². The number of aromatic nitrogens is 2. The minimum Gasteiger partial charge on any atom is -0.353 e. The molecule has 0 saturated carbocycles. The molecule has 0 bridgehead atoms. The van der Waals surface area contributed by atoms with Gasteiger partial charge in [0.15, 0.2) is 11.0 Å². The Balaban J connectivity index is 2.00. The molecule has 5 heteroatoms. The van der Waals surface area contributed by atoms with Gasteiger partial charge in [-0.15, -0.1) is 10.2 Å². The lowest BCUT2D eigenvalue weighted by atomic mass is 10.2. The summed E-state index contributed by atoms with van der Waals surface area (Å²) in [5.41, 5.74) is 0. The van der Waals surface area contributed by atoms with Crippen LogP contribution in [0.1, 0.15) is 6.42 Å². The summed E-state index contributed by atoms with van der Waals surface area (Å²) in [4.78, 5) is 4.57. The molecule has 19 heavy (non-hydrogen) atoms. The summed E-state index contributed by atoms with van der Waals surface area (Å²) in [6.45, 7) is 2.01. The van der Waals surface area contributed by atoms with Crippen molar-refractivity contribution in [1.82, 2.24) is 15.1 Å². The number of rotatable bonds is 2. The highest BCUT2D eigenvalue weighted by atomic mass is 35.5. The summed E-state index contributed by atoms with van der Waals surface area (Å²) in [5.74, 6) is 0.948. The van der Waals surface area contributed by atoms with Crippen LogP contribution in [-0.2, 0) is 0 Å². The van der Waals surface area contributed by atoms with Gasteiger partial charge in [-0.3, -0.25) is 0 Å². The SMILES string of the molecule is CN(C)C1CCN(c2nnc(Cl)c3ccccc23)C1. The van der Waals surface area contributed by atoms with Crippen LogP contribution in [0.2, 0.25) is 5.15 Å². The number of nitrogens with zero attached hydrogens (tertiary/aromatic N) is 4. The maximum Gasteiger partial charge on any atom is 0.159 e. The van der Waals surface area contributed by atoms with Crippen molar-refractivity contribution in [2.24, 2.45) is 0 Å². The highest BCUT2D eigenvalue weighted by molar-refractivity contribution is 6.34. The maximum atomic E-state index is 6.11. The summed E-state index contributed by atoms with van der Waals surface area (Å²) in [5, 5.41) is 10.9. The molecule has 0 radical (unpaired) electrons. The third kappa shape index (κ3) is 2.26. The van der Waals surface area contributed by atoms with Crippen LogP contribution in [-0.4, -0.2) is 48.3 Å². The quantitative estimate of drug-likeness (QED) is 0.843. The van der Waals surface area contributed by atoms with Crippen LogP contribution in [0.25, 0.3) is 10.8 Å². The van der Waals surface area contributed by atoms with Crippen molar-refractivity contribution in [3.05, 3.63) is 29.4 Å².